The average molecular weight is 496 g/mol. The number of methoxy groups -OCH3 is 1. The van der Waals surface area contributed by atoms with Crippen molar-refractivity contribution in [3.8, 4) is 5.75 Å². The highest BCUT2D eigenvalue weighted by molar-refractivity contribution is 7.10. The third-order valence-corrected chi connectivity index (χ3v) is 7.48. The van der Waals surface area contributed by atoms with Crippen molar-refractivity contribution in [1.29, 1.82) is 0 Å². The Morgan fingerprint density at radius 2 is 1.76 bits per heavy atom. The zero-order valence-corrected chi connectivity index (χ0v) is 21.3. The molecule has 1 saturated heterocycles. The Kier molecular flexibility index (Phi) is 6.56. The number of hydrogen-bond donors (Lipinski definition) is 1. The van der Waals surface area contributed by atoms with E-state index in [0.717, 1.165) is 27.3 Å². The number of halogens is 1. The van der Waals surface area contributed by atoms with Crippen LogP contribution in [-0.2, 0) is 9.59 Å². The molecule has 1 aromatic heterocycles. The molecule has 1 unspecified atom stereocenters. The second kappa shape index (κ2) is 9.28. The fourth-order valence-electron chi connectivity index (χ4n) is 4.34. The fourth-order valence-corrected chi connectivity index (χ4v) is 5.49. The third-order valence-electron chi connectivity index (χ3n) is 6.15. The molecule has 4 rings (SSSR count). The minimum Gasteiger partial charge on any atom is -0.507 e. The number of amides is 1. The molecule has 7 heteroatoms. The molecule has 1 fully saturated rings. The van der Waals surface area contributed by atoms with Crippen LogP contribution in [0, 0.1) is 13.8 Å². The normalized spacial score (nSPS) is 17.6. The molecule has 0 saturated carbocycles. The van der Waals surface area contributed by atoms with Crippen molar-refractivity contribution in [2.45, 2.75) is 39.7 Å². The van der Waals surface area contributed by atoms with Gasteiger partial charge in [0.15, 0.2) is 0 Å². The molecule has 34 heavy (non-hydrogen) atoms. The predicted octanol–water partition coefficient (Wildman–Crippen LogP) is 6.78. The molecule has 5 nitrogen and oxygen atoms in total. The number of aryl methyl sites for hydroxylation is 2. The Hall–Kier alpha value is -3.09. The highest BCUT2D eigenvalue weighted by Gasteiger charge is 2.48. The van der Waals surface area contributed by atoms with E-state index >= 15 is 0 Å². The summed E-state index contributed by atoms with van der Waals surface area (Å²) in [6.45, 7) is 7.85. The number of Topliss-reactive ketones (excluding diaryl/α,β-unsaturated/α-hetero) is 1. The number of carbonyl (C=O) groups excluding carboxylic acids is 2. The number of ether oxygens (including phenoxy) is 1. The van der Waals surface area contributed by atoms with Gasteiger partial charge in [-0.05, 0) is 84.3 Å². The summed E-state index contributed by atoms with van der Waals surface area (Å²) in [6.07, 6.45) is 0. The summed E-state index contributed by atoms with van der Waals surface area (Å²) >= 11 is 7.51. The van der Waals surface area contributed by atoms with Crippen molar-refractivity contribution in [3.63, 3.8) is 0 Å². The van der Waals surface area contributed by atoms with E-state index in [1.807, 2.05) is 51.3 Å². The highest BCUT2D eigenvalue weighted by atomic mass is 35.5. The lowest BCUT2D eigenvalue weighted by Crippen LogP contribution is -2.29. The van der Waals surface area contributed by atoms with Gasteiger partial charge in [0, 0.05) is 21.2 Å². The minimum atomic E-state index is -0.745. The Morgan fingerprint density at radius 3 is 2.32 bits per heavy atom. The van der Waals surface area contributed by atoms with Crippen LogP contribution < -0.4 is 9.64 Å². The second-order valence-corrected chi connectivity index (χ2v) is 10.1. The van der Waals surface area contributed by atoms with E-state index in [-0.39, 0.29) is 17.3 Å². The third kappa shape index (κ3) is 4.01. The van der Waals surface area contributed by atoms with Gasteiger partial charge in [0.05, 0.1) is 12.7 Å². The molecule has 1 aliphatic rings. The van der Waals surface area contributed by atoms with Gasteiger partial charge in [-0.15, -0.1) is 11.3 Å². The summed E-state index contributed by atoms with van der Waals surface area (Å²) in [5.41, 5.74) is 3.73. The van der Waals surface area contributed by atoms with Crippen molar-refractivity contribution in [1.82, 2.24) is 0 Å². The van der Waals surface area contributed by atoms with Crippen molar-refractivity contribution >= 4 is 46.1 Å². The lowest BCUT2D eigenvalue weighted by molar-refractivity contribution is -0.132. The van der Waals surface area contributed by atoms with E-state index in [0.29, 0.717) is 16.3 Å². The lowest BCUT2D eigenvalue weighted by Gasteiger charge is -2.25. The highest BCUT2D eigenvalue weighted by Crippen LogP contribution is 2.45. The van der Waals surface area contributed by atoms with Crippen LogP contribution in [0.25, 0.3) is 5.76 Å². The Bertz CT molecular complexity index is 1310. The van der Waals surface area contributed by atoms with Crippen LogP contribution in [0.15, 0.2) is 53.4 Å². The molecule has 3 aromatic rings. The maximum atomic E-state index is 13.4. The number of aliphatic hydroxyl groups excluding tert-OH is 1. The summed E-state index contributed by atoms with van der Waals surface area (Å²) in [4.78, 5) is 29.0. The van der Waals surface area contributed by atoms with E-state index in [1.54, 1.807) is 31.4 Å². The first-order chi connectivity index (χ1) is 16.1. The number of hydrogen-bond acceptors (Lipinski definition) is 5. The zero-order valence-electron chi connectivity index (χ0n) is 19.7. The van der Waals surface area contributed by atoms with Gasteiger partial charge in [0.2, 0.25) is 0 Å². The van der Waals surface area contributed by atoms with E-state index in [1.165, 1.54) is 16.2 Å². The standard InChI is InChI=1S/C27H26ClNO4S/c1-14(2)19-13-20(16(4)12-21(19)33-5)24(30)22-23(26-15(3)10-11-34-26)29(27(32)25(22)31)18-8-6-17(28)7-9-18/h6-14,23,30H,1-5H3/b24-22+. The summed E-state index contributed by atoms with van der Waals surface area (Å²) < 4.78 is 5.53. The molecule has 2 aromatic carbocycles. The number of thiophene rings is 1. The Morgan fingerprint density at radius 1 is 1.09 bits per heavy atom. The van der Waals surface area contributed by atoms with E-state index in [9.17, 15) is 14.7 Å². The Labute approximate surface area is 208 Å². The van der Waals surface area contributed by atoms with Crippen molar-refractivity contribution < 1.29 is 19.4 Å². The smallest absolute Gasteiger partial charge is 0.300 e. The van der Waals surface area contributed by atoms with Gasteiger partial charge < -0.3 is 9.84 Å². The first-order valence-electron chi connectivity index (χ1n) is 10.9. The van der Waals surface area contributed by atoms with Crippen molar-refractivity contribution in [2.24, 2.45) is 0 Å². The summed E-state index contributed by atoms with van der Waals surface area (Å²) in [7, 11) is 1.61. The number of aliphatic hydroxyl groups is 1. The van der Waals surface area contributed by atoms with Crippen LogP contribution in [0.2, 0.25) is 5.02 Å². The molecule has 0 spiro atoms. The molecule has 176 valence electrons. The maximum Gasteiger partial charge on any atom is 0.300 e. The molecule has 0 radical (unpaired) electrons. The topological polar surface area (TPSA) is 66.8 Å². The number of rotatable bonds is 5. The molecule has 1 atom stereocenters. The number of nitrogens with zero attached hydrogens (tertiary/aromatic N) is 1. The minimum absolute atomic E-state index is 0.0773. The zero-order chi connectivity index (χ0) is 24.7. The predicted molar refractivity (Wildman–Crippen MR) is 137 cm³/mol. The number of anilines is 1. The van der Waals surface area contributed by atoms with Gasteiger partial charge in [-0.25, -0.2) is 0 Å². The van der Waals surface area contributed by atoms with Crippen LogP contribution >= 0.6 is 22.9 Å². The maximum absolute atomic E-state index is 13.4. The first kappa shape index (κ1) is 24.0. The van der Waals surface area contributed by atoms with Crippen molar-refractivity contribution in [2.75, 3.05) is 12.0 Å². The van der Waals surface area contributed by atoms with Crippen LogP contribution in [0.5, 0.6) is 5.75 Å². The Balaban J connectivity index is 1.98. The molecular formula is C27H26ClNO4S. The van der Waals surface area contributed by atoms with Gasteiger partial charge in [0.25, 0.3) is 11.7 Å². The number of carbonyl (C=O) groups is 2. The molecule has 1 amide bonds. The second-order valence-electron chi connectivity index (χ2n) is 8.68. The van der Waals surface area contributed by atoms with E-state index in [4.69, 9.17) is 16.3 Å². The fraction of sp³-hybridized carbons (Fsp3) is 0.259. The van der Waals surface area contributed by atoms with Gasteiger partial charge in [-0.3, -0.25) is 14.5 Å². The number of benzene rings is 2. The van der Waals surface area contributed by atoms with Crippen LogP contribution in [0.3, 0.4) is 0 Å². The van der Waals surface area contributed by atoms with Gasteiger partial charge in [-0.2, -0.15) is 0 Å². The monoisotopic (exact) mass is 495 g/mol. The van der Waals surface area contributed by atoms with E-state index < -0.39 is 17.7 Å². The molecule has 1 aliphatic heterocycles. The van der Waals surface area contributed by atoms with Crippen LogP contribution in [0.4, 0.5) is 5.69 Å². The van der Waals surface area contributed by atoms with Gasteiger partial charge in [-0.1, -0.05) is 25.4 Å². The quantitative estimate of drug-likeness (QED) is 0.241. The van der Waals surface area contributed by atoms with E-state index in [2.05, 4.69) is 0 Å². The molecule has 2 heterocycles. The molecule has 0 aliphatic carbocycles. The van der Waals surface area contributed by atoms with Crippen LogP contribution in [0.1, 0.15) is 52.9 Å². The summed E-state index contributed by atoms with van der Waals surface area (Å²) in [5.74, 6) is -0.733. The average Bonchev–Trinajstić information content (AvgIpc) is 3.34. The molecular weight excluding hydrogens is 470 g/mol. The summed E-state index contributed by atoms with van der Waals surface area (Å²) in [6, 6.07) is 11.7. The number of ketones is 1. The SMILES string of the molecule is COc1cc(C)c(/C(O)=C2\C(=O)C(=O)N(c3ccc(Cl)cc3)C2c2sccc2C)cc1C(C)C. The summed E-state index contributed by atoms with van der Waals surface area (Å²) in [5, 5.41) is 14.0. The van der Waals surface area contributed by atoms with Gasteiger partial charge >= 0.3 is 0 Å². The molecule has 0 bridgehead atoms. The van der Waals surface area contributed by atoms with Crippen LogP contribution in [-0.4, -0.2) is 23.9 Å². The largest absolute Gasteiger partial charge is 0.507 e. The van der Waals surface area contributed by atoms with Gasteiger partial charge in [0.1, 0.15) is 17.6 Å². The first-order valence-corrected chi connectivity index (χ1v) is 12.2. The lowest BCUT2D eigenvalue weighted by atomic mass is 9.92. The molecule has 1 N–H and O–H groups in total. The van der Waals surface area contributed by atoms with Crippen molar-refractivity contribution in [3.05, 3.63) is 85.6 Å².